The molecule has 0 aliphatic carbocycles. The lowest BCUT2D eigenvalue weighted by atomic mass is 10.2. The molecule has 4 heteroatoms. The molecule has 12 heavy (non-hydrogen) atoms. The van der Waals surface area contributed by atoms with Gasteiger partial charge in [0.15, 0.2) is 0 Å². The van der Waals surface area contributed by atoms with Crippen molar-refractivity contribution in [1.29, 1.82) is 0 Å². The van der Waals surface area contributed by atoms with E-state index >= 15 is 0 Å². The highest BCUT2D eigenvalue weighted by molar-refractivity contribution is 5.95. The van der Waals surface area contributed by atoms with Gasteiger partial charge in [-0.1, -0.05) is 13.3 Å². The molecule has 0 heterocycles. The van der Waals surface area contributed by atoms with Crippen molar-refractivity contribution in [2.75, 3.05) is 0 Å². The number of hydrogen-bond donors (Lipinski definition) is 2. The quantitative estimate of drug-likeness (QED) is 0.581. The predicted octanol–water partition coefficient (Wildman–Crippen LogP) is -0.0109. The van der Waals surface area contributed by atoms with E-state index in [-0.39, 0.29) is 0 Å². The fraction of sp³-hybridized carbons (Fsp3) is 0.500. The fourth-order valence-electron chi connectivity index (χ4n) is 0.746. The number of rotatable bonds is 4. The third kappa shape index (κ3) is 3.62. The molecule has 2 N–H and O–H groups in total. The molecule has 0 aromatic carbocycles. The highest BCUT2D eigenvalue weighted by Crippen LogP contribution is 1.95. The van der Waals surface area contributed by atoms with E-state index in [1.807, 2.05) is 6.92 Å². The van der Waals surface area contributed by atoms with Crippen molar-refractivity contribution >= 4 is 11.9 Å². The Balaban J connectivity index is 4.06. The molecule has 0 rings (SSSR count). The maximum Gasteiger partial charge on any atom is 0.326 e. The molecule has 66 valence electrons. The molecule has 0 saturated carbocycles. The Hall–Kier alpha value is -1.50. The first kappa shape index (κ1) is 10.5. The number of carboxylic acid groups (broad SMARTS) is 1. The standard InChI is InChI=1S/C8H11NO3/c1-3-5-6(8(11)12)9-7(10)4-2/h2,6H,3,5H2,1H3,(H,9,10)(H,11,12)/t6-/m1/s1. The normalized spacial score (nSPS) is 11.3. The number of carbonyl (C=O) groups is 2. The molecular weight excluding hydrogens is 158 g/mol. The van der Waals surface area contributed by atoms with Gasteiger partial charge in [-0.3, -0.25) is 4.79 Å². The number of amides is 1. The van der Waals surface area contributed by atoms with E-state index in [1.54, 1.807) is 5.92 Å². The number of hydrogen-bond acceptors (Lipinski definition) is 2. The molecule has 1 amide bonds. The lowest BCUT2D eigenvalue weighted by Crippen LogP contribution is -2.39. The first-order valence-corrected chi connectivity index (χ1v) is 3.61. The van der Waals surface area contributed by atoms with E-state index in [0.29, 0.717) is 12.8 Å². The Labute approximate surface area is 71.0 Å². The van der Waals surface area contributed by atoms with E-state index in [0.717, 1.165) is 0 Å². The van der Waals surface area contributed by atoms with Crippen molar-refractivity contribution in [1.82, 2.24) is 5.32 Å². The Morgan fingerprint density at radius 2 is 2.25 bits per heavy atom. The van der Waals surface area contributed by atoms with E-state index < -0.39 is 17.9 Å². The van der Waals surface area contributed by atoms with Crippen LogP contribution in [0.5, 0.6) is 0 Å². The van der Waals surface area contributed by atoms with Crippen molar-refractivity contribution < 1.29 is 14.7 Å². The van der Waals surface area contributed by atoms with Gasteiger partial charge in [-0.25, -0.2) is 4.79 Å². The summed E-state index contributed by atoms with van der Waals surface area (Å²) in [5, 5.41) is 10.8. The second-order valence-electron chi connectivity index (χ2n) is 2.30. The third-order valence-corrected chi connectivity index (χ3v) is 1.31. The number of carboxylic acids is 1. The van der Waals surface area contributed by atoms with E-state index in [9.17, 15) is 9.59 Å². The van der Waals surface area contributed by atoms with Gasteiger partial charge in [-0.05, 0) is 12.3 Å². The van der Waals surface area contributed by atoms with Gasteiger partial charge in [0.05, 0.1) is 0 Å². The van der Waals surface area contributed by atoms with Crippen LogP contribution in [0, 0.1) is 12.3 Å². The van der Waals surface area contributed by atoms with Crippen LogP contribution in [-0.4, -0.2) is 23.0 Å². The summed E-state index contributed by atoms with van der Waals surface area (Å²) >= 11 is 0. The predicted molar refractivity (Wildman–Crippen MR) is 43.3 cm³/mol. The van der Waals surface area contributed by atoms with Gasteiger partial charge in [0.2, 0.25) is 0 Å². The summed E-state index contributed by atoms with van der Waals surface area (Å²) in [7, 11) is 0. The zero-order valence-corrected chi connectivity index (χ0v) is 6.83. The second-order valence-corrected chi connectivity index (χ2v) is 2.30. The summed E-state index contributed by atoms with van der Waals surface area (Å²) in [6.45, 7) is 1.83. The largest absolute Gasteiger partial charge is 0.480 e. The topological polar surface area (TPSA) is 66.4 Å². The number of aliphatic carboxylic acids is 1. The van der Waals surface area contributed by atoms with Gasteiger partial charge in [0.25, 0.3) is 5.91 Å². The molecule has 0 aliphatic rings. The van der Waals surface area contributed by atoms with Crippen molar-refractivity contribution in [3.8, 4) is 12.3 Å². The average Bonchev–Trinajstić information content (AvgIpc) is 2.03. The maximum atomic E-state index is 10.6. The molecule has 0 aliphatic heterocycles. The summed E-state index contributed by atoms with van der Waals surface area (Å²) in [4.78, 5) is 21.0. The van der Waals surface area contributed by atoms with Crippen LogP contribution in [0.2, 0.25) is 0 Å². The zero-order valence-electron chi connectivity index (χ0n) is 6.83. The van der Waals surface area contributed by atoms with Crippen molar-refractivity contribution in [2.45, 2.75) is 25.8 Å². The van der Waals surface area contributed by atoms with Crippen molar-refractivity contribution in [3.05, 3.63) is 0 Å². The molecule has 4 nitrogen and oxygen atoms in total. The smallest absolute Gasteiger partial charge is 0.326 e. The summed E-state index contributed by atoms with van der Waals surface area (Å²) in [6.07, 6.45) is 5.84. The van der Waals surface area contributed by atoms with Gasteiger partial charge in [-0.2, -0.15) is 0 Å². The minimum atomic E-state index is -1.06. The summed E-state index contributed by atoms with van der Waals surface area (Å²) in [5.41, 5.74) is 0. The molecule has 0 aromatic rings. The van der Waals surface area contributed by atoms with Crippen LogP contribution in [-0.2, 0) is 9.59 Å². The van der Waals surface area contributed by atoms with Crippen LogP contribution < -0.4 is 5.32 Å². The van der Waals surface area contributed by atoms with Gasteiger partial charge < -0.3 is 10.4 Å². The molecule has 0 bridgehead atoms. The zero-order chi connectivity index (χ0) is 9.56. The summed E-state index contributed by atoms with van der Waals surface area (Å²) < 4.78 is 0. The molecule has 1 atom stereocenters. The highest BCUT2D eigenvalue weighted by atomic mass is 16.4. The first-order chi connectivity index (χ1) is 5.61. The van der Waals surface area contributed by atoms with Gasteiger partial charge in [0, 0.05) is 0 Å². The number of nitrogens with one attached hydrogen (secondary N) is 1. The molecule has 0 aromatic heterocycles. The Bertz CT molecular complexity index is 217. The Morgan fingerprint density at radius 3 is 2.58 bits per heavy atom. The Kier molecular flexibility index (Phi) is 4.54. The van der Waals surface area contributed by atoms with Crippen molar-refractivity contribution in [3.63, 3.8) is 0 Å². The van der Waals surface area contributed by atoms with Crippen LogP contribution in [0.15, 0.2) is 0 Å². The maximum absolute atomic E-state index is 10.6. The molecule has 0 fully saturated rings. The first-order valence-electron chi connectivity index (χ1n) is 3.61. The minimum absolute atomic E-state index is 0.392. The monoisotopic (exact) mass is 169 g/mol. The van der Waals surface area contributed by atoms with Crippen LogP contribution in [0.1, 0.15) is 19.8 Å². The average molecular weight is 169 g/mol. The van der Waals surface area contributed by atoms with E-state index in [1.165, 1.54) is 0 Å². The van der Waals surface area contributed by atoms with Gasteiger partial charge in [-0.15, -0.1) is 6.42 Å². The lowest BCUT2D eigenvalue weighted by molar-refractivity contribution is -0.141. The SMILES string of the molecule is C#CC(=O)N[C@H](CCC)C(=O)O. The van der Waals surface area contributed by atoms with E-state index in [4.69, 9.17) is 11.5 Å². The molecule has 0 unspecified atom stereocenters. The lowest BCUT2D eigenvalue weighted by Gasteiger charge is -2.10. The summed E-state index contributed by atoms with van der Waals surface area (Å²) in [5.74, 6) is 0.0558. The second kappa shape index (κ2) is 5.19. The number of terminal acetylenes is 1. The number of carbonyl (C=O) groups excluding carboxylic acids is 1. The van der Waals surface area contributed by atoms with Gasteiger partial charge >= 0.3 is 5.97 Å². The van der Waals surface area contributed by atoms with Crippen LogP contribution in [0.3, 0.4) is 0 Å². The van der Waals surface area contributed by atoms with Crippen LogP contribution in [0.4, 0.5) is 0 Å². The van der Waals surface area contributed by atoms with Crippen molar-refractivity contribution in [2.24, 2.45) is 0 Å². The fourth-order valence-corrected chi connectivity index (χ4v) is 0.746. The van der Waals surface area contributed by atoms with Crippen LogP contribution in [0.25, 0.3) is 0 Å². The Morgan fingerprint density at radius 1 is 1.67 bits per heavy atom. The molecule has 0 radical (unpaired) electrons. The third-order valence-electron chi connectivity index (χ3n) is 1.31. The summed E-state index contributed by atoms with van der Waals surface area (Å²) in [6, 6.07) is -0.862. The minimum Gasteiger partial charge on any atom is -0.480 e. The molecule has 0 saturated heterocycles. The highest BCUT2D eigenvalue weighted by Gasteiger charge is 2.17. The van der Waals surface area contributed by atoms with Gasteiger partial charge in [0.1, 0.15) is 6.04 Å². The van der Waals surface area contributed by atoms with E-state index in [2.05, 4.69) is 5.32 Å². The molecule has 0 spiro atoms. The molecular formula is C8H11NO3. The van der Waals surface area contributed by atoms with Crippen LogP contribution >= 0.6 is 0 Å².